The van der Waals surface area contributed by atoms with Crippen LogP contribution in [0.1, 0.15) is 36.9 Å². The molecule has 212 valence electrons. The molecule has 2 fully saturated rings. The average Bonchev–Trinajstić information content (AvgIpc) is 3.44. The van der Waals surface area contributed by atoms with Gasteiger partial charge in [-0.15, -0.1) is 0 Å². The van der Waals surface area contributed by atoms with Gasteiger partial charge in [-0.25, -0.2) is 19.2 Å². The smallest absolute Gasteiger partial charge is 0.410 e. The van der Waals surface area contributed by atoms with Crippen LogP contribution in [0.25, 0.3) is 0 Å². The number of amides is 2. The molecule has 0 spiro atoms. The number of carbonyl (C=O) groups is 2. The second-order valence-corrected chi connectivity index (χ2v) is 10.6. The highest BCUT2D eigenvalue weighted by Gasteiger charge is 2.43. The zero-order valence-electron chi connectivity index (χ0n) is 22.6. The first-order chi connectivity index (χ1) is 19.9. The van der Waals surface area contributed by atoms with E-state index in [4.69, 9.17) is 21.6 Å². The van der Waals surface area contributed by atoms with Crippen molar-refractivity contribution in [2.75, 3.05) is 37.6 Å². The largest absolute Gasteiger partial charge is 0.415 e. The van der Waals surface area contributed by atoms with Gasteiger partial charge in [0, 0.05) is 49.6 Å². The van der Waals surface area contributed by atoms with Crippen LogP contribution >= 0.6 is 11.6 Å². The molecule has 2 aliphatic heterocycles. The van der Waals surface area contributed by atoms with Crippen molar-refractivity contribution in [2.45, 2.75) is 31.7 Å². The molecule has 3 aromatic rings. The van der Waals surface area contributed by atoms with E-state index in [-0.39, 0.29) is 35.2 Å². The highest BCUT2D eigenvalue weighted by Crippen LogP contribution is 2.34. The number of nitrogens with zero attached hydrogens (tertiary/aromatic N) is 6. The van der Waals surface area contributed by atoms with Crippen LogP contribution in [0.5, 0.6) is 5.75 Å². The first-order valence-electron chi connectivity index (χ1n) is 13.6. The fraction of sp³-hybridized carbons (Fsp3) is 0.367. The van der Waals surface area contributed by atoms with Crippen LogP contribution in [0, 0.1) is 23.1 Å². The summed E-state index contributed by atoms with van der Waals surface area (Å²) in [5.74, 6) is 0.315. The molecule has 0 radical (unpaired) electrons. The number of anilines is 1. The maximum absolute atomic E-state index is 13.8. The number of likely N-dealkylation sites (N-methyl/N-ethyl adjacent to an activating group) is 1. The van der Waals surface area contributed by atoms with Gasteiger partial charge in [0.1, 0.15) is 23.5 Å². The summed E-state index contributed by atoms with van der Waals surface area (Å²) in [5.41, 5.74) is 1.25. The molecule has 2 unspecified atom stereocenters. The first kappa shape index (κ1) is 28.3. The molecule has 11 heteroatoms. The highest BCUT2D eigenvalue weighted by atomic mass is 35.5. The van der Waals surface area contributed by atoms with Gasteiger partial charge in [0.2, 0.25) is 5.91 Å². The van der Waals surface area contributed by atoms with Crippen LogP contribution in [0.3, 0.4) is 0 Å². The third-order valence-corrected chi connectivity index (χ3v) is 8.07. The molecule has 0 N–H and O–H groups in total. The van der Waals surface area contributed by atoms with E-state index in [0.717, 1.165) is 5.56 Å². The average molecular weight is 577 g/mol. The van der Waals surface area contributed by atoms with Gasteiger partial charge in [-0.2, -0.15) is 5.26 Å². The van der Waals surface area contributed by atoms with Crippen molar-refractivity contribution in [3.8, 4) is 11.8 Å². The second kappa shape index (κ2) is 12.5. The lowest BCUT2D eigenvalue weighted by Gasteiger charge is -2.34. The van der Waals surface area contributed by atoms with Crippen molar-refractivity contribution in [1.29, 1.82) is 5.26 Å². The highest BCUT2D eigenvalue weighted by molar-refractivity contribution is 6.30. The van der Waals surface area contributed by atoms with Crippen molar-refractivity contribution >= 4 is 29.4 Å². The topological polar surface area (TPSA) is 103 Å². The van der Waals surface area contributed by atoms with E-state index in [1.807, 2.05) is 42.2 Å². The van der Waals surface area contributed by atoms with Crippen LogP contribution < -0.4 is 9.64 Å². The Morgan fingerprint density at radius 2 is 1.78 bits per heavy atom. The summed E-state index contributed by atoms with van der Waals surface area (Å²) in [7, 11) is 0. The Labute approximate surface area is 243 Å². The number of ether oxygens (including phenoxy) is 1. The fourth-order valence-corrected chi connectivity index (χ4v) is 5.76. The Balaban J connectivity index is 1.30. The number of hydrogen-bond acceptors (Lipinski definition) is 7. The summed E-state index contributed by atoms with van der Waals surface area (Å²) in [4.78, 5) is 41.1. The van der Waals surface area contributed by atoms with Crippen molar-refractivity contribution in [3.63, 3.8) is 0 Å². The molecule has 0 aliphatic carbocycles. The molecule has 3 heterocycles. The molecule has 2 saturated heterocycles. The minimum absolute atomic E-state index is 0.0694. The molecule has 2 aromatic carbocycles. The Morgan fingerprint density at radius 1 is 1.07 bits per heavy atom. The zero-order valence-corrected chi connectivity index (χ0v) is 23.4. The quantitative estimate of drug-likeness (QED) is 0.412. The molecular formula is C30H30ClFN6O3. The van der Waals surface area contributed by atoms with E-state index in [1.54, 1.807) is 11.1 Å². The van der Waals surface area contributed by atoms with Crippen molar-refractivity contribution < 1.29 is 18.7 Å². The predicted molar refractivity (Wildman–Crippen MR) is 151 cm³/mol. The minimum atomic E-state index is -0.547. The van der Waals surface area contributed by atoms with Gasteiger partial charge in [-0.05, 0) is 61.7 Å². The van der Waals surface area contributed by atoms with E-state index in [9.17, 15) is 14.0 Å². The Kier molecular flexibility index (Phi) is 8.64. The number of piperidine rings is 1. The van der Waals surface area contributed by atoms with Crippen LogP contribution in [0.4, 0.5) is 15.0 Å². The number of likely N-dealkylation sites (tertiary alicyclic amines) is 1. The van der Waals surface area contributed by atoms with E-state index in [2.05, 4.69) is 14.9 Å². The first-order valence-corrected chi connectivity index (χ1v) is 14.0. The maximum Gasteiger partial charge on any atom is 0.415 e. The number of hydrogen-bond donors (Lipinski definition) is 0. The molecule has 0 saturated carbocycles. The van der Waals surface area contributed by atoms with Crippen LogP contribution in [-0.4, -0.2) is 70.5 Å². The molecular weight excluding hydrogens is 547 g/mol. The summed E-state index contributed by atoms with van der Waals surface area (Å²) in [5, 5.41) is 9.57. The van der Waals surface area contributed by atoms with Gasteiger partial charge in [0.05, 0.1) is 18.4 Å². The SMILES string of the molecule is CCN(C(=O)Oc1ccc(F)cc1)C1CN(C(=O)C2CCN(c3cnc(C#N)cn3)CC2)CC1c1ccc(Cl)cc1. The predicted octanol–water partition coefficient (Wildman–Crippen LogP) is 4.87. The summed E-state index contributed by atoms with van der Waals surface area (Å²) in [6.07, 6.45) is 3.82. The summed E-state index contributed by atoms with van der Waals surface area (Å²) < 4.78 is 18.9. The van der Waals surface area contributed by atoms with Gasteiger partial charge in [0.15, 0.2) is 5.69 Å². The number of aromatic nitrogens is 2. The summed E-state index contributed by atoms with van der Waals surface area (Å²) in [6.45, 7) is 4.39. The minimum Gasteiger partial charge on any atom is -0.410 e. The molecule has 2 atom stereocenters. The zero-order chi connectivity index (χ0) is 28.9. The number of benzene rings is 2. The van der Waals surface area contributed by atoms with Crippen LogP contribution in [0.15, 0.2) is 60.9 Å². The van der Waals surface area contributed by atoms with E-state index < -0.39 is 11.9 Å². The second-order valence-electron chi connectivity index (χ2n) is 10.2. The number of rotatable bonds is 6. The van der Waals surface area contributed by atoms with E-state index >= 15 is 0 Å². The number of nitriles is 1. The van der Waals surface area contributed by atoms with Crippen molar-refractivity contribution in [2.24, 2.45) is 5.92 Å². The molecule has 1 aromatic heterocycles. The van der Waals surface area contributed by atoms with Gasteiger partial charge < -0.3 is 19.4 Å². The molecule has 0 bridgehead atoms. The van der Waals surface area contributed by atoms with Gasteiger partial charge in [-0.3, -0.25) is 4.79 Å². The van der Waals surface area contributed by atoms with E-state index in [1.165, 1.54) is 30.5 Å². The van der Waals surface area contributed by atoms with Gasteiger partial charge in [0.25, 0.3) is 0 Å². The lowest BCUT2D eigenvalue weighted by molar-refractivity contribution is -0.135. The summed E-state index contributed by atoms with van der Waals surface area (Å²) >= 11 is 6.15. The maximum atomic E-state index is 13.8. The third-order valence-electron chi connectivity index (χ3n) is 7.81. The molecule has 2 aliphatic rings. The molecule has 5 rings (SSSR count). The number of halogens is 2. The number of carbonyl (C=O) groups excluding carboxylic acids is 2. The summed E-state index contributed by atoms with van der Waals surface area (Å²) in [6, 6.07) is 14.5. The monoisotopic (exact) mass is 576 g/mol. The lowest BCUT2D eigenvalue weighted by Crippen LogP contribution is -2.47. The van der Waals surface area contributed by atoms with Gasteiger partial charge in [-0.1, -0.05) is 23.7 Å². The van der Waals surface area contributed by atoms with E-state index in [0.29, 0.717) is 56.4 Å². The Morgan fingerprint density at radius 3 is 2.39 bits per heavy atom. The third kappa shape index (κ3) is 6.41. The van der Waals surface area contributed by atoms with Gasteiger partial charge >= 0.3 is 6.09 Å². The van der Waals surface area contributed by atoms with Crippen LogP contribution in [-0.2, 0) is 4.79 Å². The molecule has 41 heavy (non-hydrogen) atoms. The standard InChI is InChI=1S/C30H30ClFN6O3/c1-2-38(30(40)41-25-9-7-23(32)8-10-25)27-19-37(18-26(27)20-3-5-22(31)6-4-20)29(39)21-11-13-36(14-12-21)28-17-34-24(15-33)16-35-28/h3-10,16-17,21,26-27H,2,11-14,18-19H2,1H3. The fourth-order valence-electron chi connectivity index (χ4n) is 5.64. The van der Waals surface area contributed by atoms with Crippen molar-refractivity contribution in [1.82, 2.24) is 19.8 Å². The normalized spacial score (nSPS) is 19.1. The molecule has 2 amide bonds. The van der Waals surface area contributed by atoms with Crippen molar-refractivity contribution in [3.05, 3.63) is 83.0 Å². The van der Waals surface area contributed by atoms with Crippen LogP contribution in [0.2, 0.25) is 5.02 Å². The Bertz CT molecular complexity index is 1410. The Hall–Kier alpha value is -4.23. The lowest BCUT2D eigenvalue weighted by atomic mass is 9.93. The molecule has 9 nitrogen and oxygen atoms in total.